The zero-order valence-corrected chi connectivity index (χ0v) is 14.2. The maximum atomic E-state index is 12.5. The van der Waals surface area contributed by atoms with E-state index >= 15 is 0 Å². The summed E-state index contributed by atoms with van der Waals surface area (Å²) in [6.45, 7) is 2.90. The molecule has 5 heteroatoms. The first-order chi connectivity index (χ1) is 11.6. The van der Waals surface area contributed by atoms with Crippen molar-refractivity contribution >= 4 is 11.6 Å². The van der Waals surface area contributed by atoms with Crippen LogP contribution in [0.5, 0.6) is 0 Å². The van der Waals surface area contributed by atoms with Gasteiger partial charge in [0.2, 0.25) is 0 Å². The van der Waals surface area contributed by atoms with Crippen molar-refractivity contribution in [2.24, 2.45) is 10.9 Å². The van der Waals surface area contributed by atoms with Crippen LogP contribution >= 0.6 is 0 Å². The van der Waals surface area contributed by atoms with Crippen molar-refractivity contribution < 1.29 is 10.0 Å². The van der Waals surface area contributed by atoms with E-state index < -0.39 is 5.91 Å². The van der Waals surface area contributed by atoms with Crippen LogP contribution in [0, 0.1) is 5.92 Å². The lowest BCUT2D eigenvalue weighted by atomic mass is 9.94. The van der Waals surface area contributed by atoms with Gasteiger partial charge in [0.05, 0.1) is 6.54 Å². The van der Waals surface area contributed by atoms with Gasteiger partial charge >= 0.3 is 0 Å². The fourth-order valence-corrected chi connectivity index (χ4v) is 3.23. The SMILES string of the molecule is CN1CC=C(C2=CC(C(=O)N(O)CC3C=CC=CC3)=NCC2)CC1. The summed E-state index contributed by atoms with van der Waals surface area (Å²) < 4.78 is 0. The minimum Gasteiger partial charge on any atom is -0.302 e. The fraction of sp³-hybridized carbons (Fsp3) is 0.474. The molecule has 2 heterocycles. The van der Waals surface area contributed by atoms with Crippen LogP contribution in [0.3, 0.4) is 0 Å². The van der Waals surface area contributed by atoms with Crippen LogP contribution in [0.2, 0.25) is 0 Å². The van der Waals surface area contributed by atoms with Gasteiger partial charge in [-0.15, -0.1) is 0 Å². The Balaban J connectivity index is 1.64. The highest BCUT2D eigenvalue weighted by atomic mass is 16.5. The first kappa shape index (κ1) is 16.9. The number of hydrogen-bond acceptors (Lipinski definition) is 4. The highest BCUT2D eigenvalue weighted by Crippen LogP contribution is 2.24. The molecule has 128 valence electrons. The lowest BCUT2D eigenvalue weighted by Gasteiger charge is -2.25. The Morgan fingerprint density at radius 2 is 2.25 bits per heavy atom. The van der Waals surface area contributed by atoms with Crippen LogP contribution < -0.4 is 0 Å². The third kappa shape index (κ3) is 4.10. The topological polar surface area (TPSA) is 56.1 Å². The van der Waals surface area contributed by atoms with E-state index in [1.807, 2.05) is 30.4 Å². The van der Waals surface area contributed by atoms with Gasteiger partial charge in [-0.1, -0.05) is 30.4 Å². The number of aliphatic imine (C=N–C) groups is 1. The number of allylic oxidation sites excluding steroid dienone is 3. The van der Waals surface area contributed by atoms with E-state index in [-0.39, 0.29) is 5.92 Å². The third-order valence-corrected chi connectivity index (χ3v) is 4.73. The molecule has 0 saturated heterocycles. The number of hydrogen-bond donors (Lipinski definition) is 1. The molecule has 24 heavy (non-hydrogen) atoms. The van der Waals surface area contributed by atoms with Gasteiger partial charge in [0.15, 0.2) is 0 Å². The number of likely N-dealkylation sites (N-methyl/N-ethyl adjacent to an activating group) is 1. The summed E-state index contributed by atoms with van der Waals surface area (Å²) in [6, 6.07) is 0. The van der Waals surface area contributed by atoms with E-state index in [2.05, 4.69) is 23.0 Å². The zero-order chi connectivity index (χ0) is 16.9. The molecule has 1 unspecified atom stereocenters. The summed E-state index contributed by atoms with van der Waals surface area (Å²) in [6.07, 6.45) is 14.8. The average Bonchev–Trinajstić information content (AvgIpc) is 2.62. The molecular formula is C19H25N3O2. The molecule has 0 aromatic heterocycles. The number of dihydropyridines is 1. The Morgan fingerprint density at radius 3 is 2.96 bits per heavy atom. The summed E-state index contributed by atoms with van der Waals surface area (Å²) >= 11 is 0. The Labute approximate surface area is 143 Å². The van der Waals surface area contributed by atoms with E-state index in [4.69, 9.17) is 0 Å². The number of amides is 1. The van der Waals surface area contributed by atoms with Crippen LogP contribution in [-0.4, -0.2) is 60.0 Å². The van der Waals surface area contributed by atoms with Crippen molar-refractivity contribution in [1.29, 1.82) is 0 Å². The zero-order valence-electron chi connectivity index (χ0n) is 14.2. The van der Waals surface area contributed by atoms with E-state index in [1.165, 1.54) is 11.1 Å². The van der Waals surface area contributed by atoms with E-state index in [9.17, 15) is 10.0 Å². The highest BCUT2D eigenvalue weighted by molar-refractivity contribution is 6.43. The van der Waals surface area contributed by atoms with Crippen LogP contribution in [0.25, 0.3) is 0 Å². The standard InChI is InChI=1S/C19H25N3O2/c1-21-11-8-16(9-12-21)17-7-10-20-18(13-17)19(23)22(24)14-15-5-3-2-4-6-15/h2-5,8,13,15,24H,6-7,9-12,14H2,1H3. The van der Waals surface area contributed by atoms with Crippen LogP contribution in [0.1, 0.15) is 19.3 Å². The molecule has 1 N–H and O–H groups in total. The van der Waals surface area contributed by atoms with Gasteiger partial charge in [-0.25, -0.2) is 5.06 Å². The lowest BCUT2D eigenvalue weighted by molar-refractivity contribution is -0.158. The van der Waals surface area contributed by atoms with Gasteiger partial charge in [-0.2, -0.15) is 0 Å². The summed E-state index contributed by atoms with van der Waals surface area (Å²) in [7, 11) is 2.11. The molecule has 0 radical (unpaired) electrons. The number of hydroxylamine groups is 2. The van der Waals surface area contributed by atoms with E-state index in [0.717, 1.165) is 37.4 Å². The van der Waals surface area contributed by atoms with Crippen LogP contribution in [0.15, 0.2) is 52.6 Å². The summed E-state index contributed by atoms with van der Waals surface area (Å²) in [5.74, 6) is -0.239. The van der Waals surface area contributed by atoms with Crippen molar-refractivity contribution in [2.75, 3.05) is 33.2 Å². The van der Waals surface area contributed by atoms with Crippen LogP contribution in [0.4, 0.5) is 0 Å². The predicted octanol–water partition coefficient (Wildman–Crippen LogP) is 2.37. The lowest BCUT2D eigenvalue weighted by Crippen LogP contribution is -2.37. The van der Waals surface area contributed by atoms with Crippen molar-refractivity contribution in [3.05, 3.63) is 47.6 Å². The maximum absolute atomic E-state index is 12.5. The molecular weight excluding hydrogens is 302 g/mol. The second-order valence-corrected chi connectivity index (χ2v) is 6.62. The molecule has 0 aromatic carbocycles. The molecule has 1 aliphatic carbocycles. The molecule has 5 nitrogen and oxygen atoms in total. The monoisotopic (exact) mass is 327 g/mol. The van der Waals surface area contributed by atoms with Gasteiger partial charge in [0.1, 0.15) is 5.71 Å². The van der Waals surface area contributed by atoms with E-state index in [1.54, 1.807) is 0 Å². The first-order valence-electron chi connectivity index (χ1n) is 8.60. The molecule has 0 saturated carbocycles. The minimum atomic E-state index is -0.399. The molecule has 0 spiro atoms. The Bertz CT molecular complexity index is 643. The Kier molecular flexibility index (Phi) is 5.43. The van der Waals surface area contributed by atoms with Gasteiger partial charge in [-0.3, -0.25) is 15.0 Å². The van der Waals surface area contributed by atoms with Gasteiger partial charge in [0.25, 0.3) is 5.91 Å². The van der Waals surface area contributed by atoms with Crippen LogP contribution in [-0.2, 0) is 4.79 Å². The smallest absolute Gasteiger partial charge is 0.295 e. The van der Waals surface area contributed by atoms with Crippen molar-refractivity contribution in [3.8, 4) is 0 Å². The number of carbonyl (C=O) groups is 1. The number of nitrogens with zero attached hydrogens (tertiary/aromatic N) is 3. The third-order valence-electron chi connectivity index (χ3n) is 4.73. The predicted molar refractivity (Wildman–Crippen MR) is 95.1 cm³/mol. The van der Waals surface area contributed by atoms with Crippen molar-refractivity contribution in [3.63, 3.8) is 0 Å². The van der Waals surface area contributed by atoms with Gasteiger partial charge in [0, 0.05) is 25.6 Å². The summed E-state index contributed by atoms with van der Waals surface area (Å²) in [4.78, 5) is 19.1. The summed E-state index contributed by atoms with van der Waals surface area (Å²) in [5, 5.41) is 11.0. The van der Waals surface area contributed by atoms with Crippen molar-refractivity contribution in [2.45, 2.75) is 19.3 Å². The Hall–Kier alpha value is -1.98. The van der Waals surface area contributed by atoms with Crippen molar-refractivity contribution in [1.82, 2.24) is 9.96 Å². The highest BCUT2D eigenvalue weighted by Gasteiger charge is 2.23. The summed E-state index contributed by atoms with van der Waals surface area (Å²) in [5.41, 5.74) is 2.88. The van der Waals surface area contributed by atoms with E-state index in [0.29, 0.717) is 18.8 Å². The molecule has 1 atom stereocenters. The minimum absolute atomic E-state index is 0.160. The molecule has 0 bridgehead atoms. The molecule has 3 aliphatic rings. The normalized spacial score (nSPS) is 24.2. The quantitative estimate of drug-likeness (QED) is 0.637. The fourth-order valence-electron chi connectivity index (χ4n) is 3.23. The first-order valence-corrected chi connectivity index (χ1v) is 8.60. The molecule has 1 amide bonds. The second kappa shape index (κ2) is 7.73. The molecule has 0 fully saturated rings. The van der Waals surface area contributed by atoms with Gasteiger partial charge in [-0.05, 0) is 43.5 Å². The number of rotatable bonds is 4. The average molecular weight is 327 g/mol. The Morgan fingerprint density at radius 1 is 1.38 bits per heavy atom. The maximum Gasteiger partial charge on any atom is 0.295 e. The van der Waals surface area contributed by atoms with Gasteiger partial charge < -0.3 is 4.90 Å². The molecule has 2 aliphatic heterocycles. The number of carbonyl (C=O) groups excluding carboxylic acids is 1. The second-order valence-electron chi connectivity index (χ2n) is 6.62. The molecule has 0 aromatic rings. The largest absolute Gasteiger partial charge is 0.302 e. The molecule has 3 rings (SSSR count).